The number of nitrogens with one attached hydrogen (secondary N) is 2. The van der Waals surface area contributed by atoms with E-state index < -0.39 is 23.3 Å². The van der Waals surface area contributed by atoms with Crippen molar-refractivity contribution < 1.29 is 27.6 Å². The van der Waals surface area contributed by atoms with Gasteiger partial charge in [0.1, 0.15) is 5.54 Å². The number of rotatable bonds is 4. The number of imide groups is 1. The Bertz CT molecular complexity index is 962. The number of halogens is 3. The molecule has 1 aromatic rings. The molecule has 0 bridgehead atoms. The first-order valence-electron chi connectivity index (χ1n) is 10.6. The lowest BCUT2D eigenvalue weighted by Crippen LogP contribution is -2.54. The molecule has 0 aromatic heterocycles. The van der Waals surface area contributed by atoms with Gasteiger partial charge in [0.2, 0.25) is 5.91 Å². The molecular weight excluding hydrogens is 413 g/mol. The fourth-order valence-electron chi connectivity index (χ4n) is 5.22. The van der Waals surface area contributed by atoms with Gasteiger partial charge in [0.25, 0.3) is 5.91 Å². The summed E-state index contributed by atoms with van der Waals surface area (Å²) in [5, 5.41) is 5.02. The number of hydrogen-bond acceptors (Lipinski definition) is 4. The second-order valence-electron chi connectivity index (χ2n) is 8.89. The number of hydrogen-bond donors (Lipinski definition) is 2. The van der Waals surface area contributed by atoms with E-state index in [1.807, 2.05) is 4.90 Å². The summed E-state index contributed by atoms with van der Waals surface area (Å²) >= 11 is 0. The molecule has 10 heteroatoms. The SMILES string of the molecule is O=C1NC(=O)[C@](CCC(=O)N2CCN3c4cc(C(F)(F)F)ccc4CC3C2)(C2CC2)N1. The number of carbonyl (C=O) groups excluding carboxylic acids is 3. The number of nitrogens with zero attached hydrogens (tertiary/aromatic N) is 2. The first kappa shape index (κ1) is 20.1. The predicted octanol–water partition coefficient (Wildman–Crippen LogP) is 2.05. The second kappa shape index (κ2) is 6.86. The third-order valence-electron chi connectivity index (χ3n) is 6.99. The maximum atomic E-state index is 13.1. The van der Waals surface area contributed by atoms with E-state index >= 15 is 0 Å². The smallest absolute Gasteiger partial charge is 0.364 e. The van der Waals surface area contributed by atoms with Gasteiger partial charge in [-0.2, -0.15) is 13.2 Å². The molecular formula is C21H23F3N4O3. The number of anilines is 1. The van der Waals surface area contributed by atoms with Crippen LogP contribution in [0.15, 0.2) is 18.2 Å². The highest BCUT2D eigenvalue weighted by Gasteiger charge is 2.55. The molecule has 2 N–H and O–H groups in total. The molecule has 5 rings (SSSR count). The number of benzene rings is 1. The molecule has 31 heavy (non-hydrogen) atoms. The summed E-state index contributed by atoms with van der Waals surface area (Å²) in [5.41, 5.74) is -0.186. The lowest BCUT2D eigenvalue weighted by Gasteiger charge is -2.39. The summed E-state index contributed by atoms with van der Waals surface area (Å²) in [4.78, 5) is 40.6. The molecule has 3 heterocycles. The van der Waals surface area contributed by atoms with Gasteiger partial charge >= 0.3 is 12.2 Å². The van der Waals surface area contributed by atoms with Crippen molar-refractivity contribution in [2.24, 2.45) is 5.92 Å². The predicted molar refractivity (Wildman–Crippen MR) is 104 cm³/mol. The highest BCUT2D eigenvalue weighted by Crippen LogP contribution is 2.44. The van der Waals surface area contributed by atoms with Gasteiger partial charge in [0.15, 0.2) is 0 Å². The van der Waals surface area contributed by atoms with E-state index in [9.17, 15) is 27.6 Å². The van der Waals surface area contributed by atoms with E-state index in [2.05, 4.69) is 10.6 Å². The van der Waals surface area contributed by atoms with Gasteiger partial charge in [0.05, 0.1) is 11.6 Å². The fraction of sp³-hybridized carbons (Fsp3) is 0.571. The van der Waals surface area contributed by atoms with E-state index in [4.69, 9.17) is 0 Å². The zero-order valence-corrected chi connectivity index (χ0v) is 16.8. The van der Waals surface area contributed by atoms with Crippen molar-refractivity contribution in [3.05, 3.63) is 29.3 Å². The minimum Gasteiger partial charge on any atom is -0.364 e. The maximum Gasteiger partial charge on any atom is 0.416 e. The number of urea groups is 1. The van der Waals surface area contributed by atoms with E-state index in [1.54, 1.807) is 4.90 Å². The van der Waals surface area contributed by atoms with Crippen LogP contribution in [0.4, 0.5) is 23.7 Å². The largest absolute Gasteiger partial charge is 0.416 e. The topological polar surface area (TPSA) is 81.8 Å². The van der Waals surface area contributed by atoms with Crippen LogP contribution in [-0.4, -0.2) is 54.0 Å². The zero-order valence-electron chi connectivity index (χ0n) is 16.8. The molecule has 0 radical (unpaired) electrons. The summed E-state index contributed by atoms with van der Waals surface area (Å²) in [6.07, 6.45) is -1.69. The first-order chi connectivity index (χ1) is 14.7. The van der Waals surface area contributed by atoms with Crippen molar-refractivity contribution in [2.45, 2.75) is 49.9 Å². The molecule has 7 nitrogen and oxygen atoms in total. The number of fused-ring (bicyclic) bond motifs is 3. The van der Waals surface area contributed by atoms with Crippen molar-refractivity contribution in [2.75, 3.05) is 24.5 Å². The van der Waals surface area contributed by atoms with Gasteiger partial charge in [-0.05, 0) is 49.3 Å². The highest BCUT2D eigenvalue weighted by atomic mass is 19.4. The number of amides is 4. The standard InChI is InChI=1S/C21H23F3N4O3/c22-21(23,24)14-2-1-12-9-15-11-27(7-8-28(15)16(12)10-14)17(29)5-6-20(13-3-4-13)18(30)25-19(31)26-20/h1-2,10,13,15H,3-9,11H2,(H2,25,26,30,31)/t15?,20-/m0/s1. The molecule has 2 saturated heterocycles. The van der Waals surface area contributed by atoms with Crippen LogP contribution in [0.3, 0.4) is 0 Å². The van der Waals surface area contributed by atoms with Crippen LogP contribution in [0, 0.1) is 5.92 Å². The molecule has 2 atom stereocenters. The third kappa shape index (κ3) is 3.41. The Morgan fingerprint density at radius 2 is 1.97 bits per heavy atom. The molecule has 1 unspecified atom stereocenters. The summed E-state index contributed by atoms with van der Waals surface area (Å²) < 4.78 is 39.2. The van der Waals surface area contributed by atoms with E-state index in [-0.39, 0.29) is 36.6 Å². The van der Waals surface area contributed by atoms with Crippen LogP contribution >= 0.6 is 0 Å². The molecule has 4 aliphatic rings. The summed E-state index contributed by atoms with van der Waals surface area (Å²) in [7, 11) is 0. The highest BCUT2D eigenvalue weighted by molar-refractivity contribution is 6.07. The lowest BCUT2D eigenvalue weighted by molar-refractivity contribution is -0.137. The van der Waals surface area contributed by atoms with Gasteiger partial charge in [-0.3, -0.25) is 14.9 Å². The van der Waals surface area contributed by atoms with Crippen molar-refractivity contribution in [3.8, 4) is 0 Å². The lowest BCUT2D eigenvalue weighted by atomic mass is 9.87. The zero-order chi connectivity index (χ0) is 22.0. The van der Waals surface area contributed by atoms with Gasteiger partial charge in [-0.25, -0.2) is 4.79 Å². The van der Waals surface area contributed by atoms with Gasteiger partial charge < -0.3 is 15.1 Å². The van der Waals surface area contributed by atoms with Gasteiger partial charge in [-0.1, -0.05) is 6.07 Å². The van der Waals surface area contributed by atoms with Crippen molar-refractivity contribution >= 4 is 23.5 Å². The molecule has 3 aliphatic heterocycles. The van der Waals surface area contributed by atoms with Crippen molar-refractivity contribution in [1.29, 1.82) is 0 Å². The number of piperazine rings is 1. The molecule has 1 saturated carbocycles. The van der Waals surface area contributed by atoms with Crippen LogP contribution in [-0.2, 0) is 22.2 Å². The number of alkyl halides is 3. The Balaban J connectivity index is 1.23. The summed E-state index contributed by atoms with van der Waals surface area (Å²) in [5.74, 6) is -0.388. The summed E-state index contributed by atoms with van der Waals surface area (Å²) in [6.45, 7) is 1.32. The normalized spacial score (nSPS) is 27.6. The van der Waals surface area contributed by atoms with E-state index in [0.29, 0.717) is 31.7 Å². The monoisotopic (exact) mass is 436 g/mol. The summed E-state index contributed by atoms with van der Waals surface area (Å²) in [6, 6.07) is 3.28. The van der Waals surface area contributed by atoms with Crippen LogP contribution in [0.25, 0.3) is 0 Å². The third-order valence-corrected chi connectivity index (χ3v) is 6.99. The van der Waals surface area contributed by atoms with Gasteiger partial charge in [0, 0.05) is 31.7 Å². The van der Waals surface area contributed by atoms with E-state index in [0.717, 1.165) is 24.5 Å². The Morgan fingerprint density at radius 3 is 2.61 bits per heavy atom. The maximum absolute atomic E-state index is 13.1. The average molecular weight is 436 g/mol. The van der Waals surface area contributed by atoms with Crippen molar-refractivity contribution in [1.82, 2.24) is 15.5 Å². The molecule has 1 aromatic carbocycles. The number of carbonyl (C=O) groups is 3. The Hall–Kier alpha value is -2.78. The molecule has 0 spiro atoms. The van der Waals surface area contributed by atoms with Crippen molar-refractivity contribution in [3.63, 3.8) is 0 Å². The van der Waals surface area contributed by atoms with Crippen LogP contribution in [0.1, 0.15) is 36.8 Å². The van der Waals surface area contributed by atoms with Crippen LogP contribution in [0.2, 0.25) is 0 Å². The molecule has 4 amide bonds. The molecule has 1 aliphatic carbocycles. The van der Waals surface area contributed by atoms with E-state index in [1.165, 1.54) is 12.1 Å². The minimum absolute atomic E-state index is 0.0527. The Morgan fingerprint density at radius 1 is 1.19 bits per heavy atom. The van der Waals surface area contributed by atoms with Crippen LogP contribution in [0.5, 0.6) is 0 Å². The molecule has 166 valence electrons. The average Bonchev–Trinajstić information content (AvgIpc) is 3.44. The molecule has 3 fully saturated rings. The van der Waals surface area contributed by atoms with Crippen LogP contribution < -0.4 is 15.5 Å². The second-order valence-corrected chi connectivity index (χ2v) is 8.89. The Labute approximate surface area is 176 Å². The quantitative estimate of drug-likeness (QED) is 0.708. The fourth-order valence-corrected chi connectivity index (χ4v) is 5.22. The first-order valence-corrected chi connectivity index (χ1v) is 10.6. The Kier molecular flexibility index (Phi) is 4.46. The minimum atomic E-state index is -4.38. The van der Waals surface area contributed by atoms with Gasteiger partial charge in [-0.15, -0.1) is 0 Å².